The molecular weight excluding hydrogens is 425 g/mol. The third-order valence-electron chi connectivity index (χ3n) is 6.30. The molecule has 1 aliphatic heterocycles. The Morgan fingerprint density at radius 1 is 1.39 bits per heavy atom. The van der Waals surface area contributed by atoms with Crippen LogP contribution in [0.5, 0.6) is 0 Å². The Hall–Kier alpha value is -2.67. The zero-order chi connectivity index (χ0) is 22.5. The molecule has 0 bridgehead atoms. The first-order valence-corrected chi connectivity index (χ1v) is 10.4. The zero-order valence-electron chi connectivity index (χ0n) is 17.3. The van der Waals surface area contributed by atoms with E-state index in [4.69, 9.17) is 17.3 Å². The number of nitrogen functional groups attached to an aromatic ring is 1. The molecule has 2 aromatic carbocycles. The average molecular weight is 449 g/mol. The van der Waals surface area contributed by atoms with Crippen LogP contribution >= 0.6 is 11.6 Å². The van der Waals surface area contributed by atoms with Crippen LogP contribution in [0.25, 0.3) is 5.70 Å². The number of hydrogen-bond acceptors (Lipinski definition) is 4. The van der Waals surface area contributed by atoms with Gasteiger partial charge in [-0.1, -0.05) is 18.2 Å². The number of benzene rings is 2. The van der Waals surface area contributed by atoms with E-state index >= 15 is 0 Å². The quantitative estimate of drug-likeness (QED) is 0.411. The fraction of sp³-hybridized carbons (Fsp3) is 0.348. The molecule has 31 heavy (non-hydrogen) atoms. The van der Waals surface area contributed by atoms with E-state index in [0.29, 0.717) is 45.2 Å². The summed E-state index contributed by atoms with van der Waals surface area (Å²) in [6.45, 7) is 4.08. The van der Waals surface area contributed by atoms with Crippen LogP contribution in [-0.4, -0.2) is 25.7 Å². The number of aliphatic imine (C=N–C) groups is 1. The van der Waals surface area contributed by atoms with Crippen molar-refractivity contribution < 1.29 is 13.2 Å². The maximum Gasteiger partial charge on any atom is 0.251 e. The number of nitrogens with one attached hydrogen (secondary N) is 2. The summed E-state index contributed by atoms with van der Waals surface area (Å²) in [6.07, 6.45) is 0.520. The maximum atomic E-state index is 13.9. The van der Waals surface area contributed by atoms with E-state index in [1.54, 1.807) is 14.1 Å². The van der Waals surface area contributed by atoms with Crippen molar-refractivity contribution in [2.24, 2.45) is 10.9 Å². The van der Waals surface area contributed by atoms with Gasteiger partial charge in [-0.05, 0) is 37.1 Å². The molecule has 4 rings (SSSR count). The molecule has 2 aliphatic rings. The van der Waals surface area contributed by atoms with E-state index in [-0.39, 0.29) is 12.8 Å². The Balaban J connectivity index is 1.82. The van der Waals surface area contributed by atoms with Crippen molar-refractivity contribution in [3.05, 3.63) is 63.9 Å². The van der Waals surface area contributed by atoms with E-state index in [0.717, 1.165) is 11.3 Å². The lowest BCUT2D eigenvalue weighted by Crippen LogP contribution is -2.40. The van der Waals surface area contributed by atoms with Crippen molar-refractivity contribution in [2.45, 2.75) is 31.2 Å². The van der Waals surface area contributed by atoms with Gasteiger partial charge >= 0.3 is 0 Å². The third kappa shape index (κ3) is 3.55. The third-order valence-corrected chi connectivity index (χ3v) is 6.64. The molecule has 4 N–H and O–H groups in total. The van der Waals surface area contributed by atoms with Gasteiger partial charge in [0.2, 0.25) is 0 Å². The summed E-state index contributed by atoms with van der Waals surface area (Å²) >= 11 is 6.36. The summed E-state index contributed by atoms with van der Waals surface area (Å²) < 4.78 is 41.7. The second-order valence-electron chi connectivity index (χ2n) is 8.02. The first-order valence-electron chi connectivity index (χ1n) is 10.1. The standard InChI is InChI=1S/C23H24ClF3N4/c1-11-19-20(22(31-11)14-9-13(25)4-5-16(14)24)18(30-3)10-15(21(19)28)17(29-2)8-12-6-7-23(12,26)27/h4-5,9-10,12,22,30-31H,1,6-8,28H2,2-3H3. The lowest BCUT2D eigenvalue weighted by Gasteiger charge is -2.36. The Kier molecular flexibility index (Phi) is 5.41. The molecule has 2 atom stereocenters. The Morgan fingerprint density at radius 2 is 2.13 bits per heavy atom. The summed E-state index contributed by atoms with van der Waals surface area (Å²) in [6, 6.07) is 5.54. The van der Waals surface area contributed by atoms with Gasteiger partial charge in [-0.2, -0.15) is 0 Å². The van der Waals surface area contributed by atoms with Crippen LogP contribution in [-0.2, 0) is 0 Å². The van der Waals surface area contributed by atoms with Gasteiger partial charge in [-0.15, -0.1) is 0 Å². The van der Waals surface area contributed by atoms with Gasteiger partial charge in [0.15, 0.2) is 0 Å². The topological polar surface area (TPSA) is 62.4 Å². The number of hydrogen-bond donors (Lipinski definition) is 3. The van der Waals surface area contributed by atoms with Gasteiger partial charge in [0.05, 0.1) is 11.7 Å². The largest absolute Gasteiger partial charge is 0.398 e. The molecule has 2 aromatic rings. The molecular formula is C23H24ClF3N4. The molecule has 1 heterocycles. The molecule has 2 unspecified atom stereocenters. The average Bonchev–Trinajstić information content (AvgIpc) is 3.08. The van der Waals surface area contributed by atoms with Crippen LogP contribution in [0.15, 0.2) is 35.8 Å². The second kappa shape index (κ2) is 7.79. The van der Waals surface area contributed by atoms with E-state index in [1.165, 1.54) is 18.2 Å². The summed E-state index contributed by atoms with van der Waals surface area (Å²) in [7, 11) is 3.34. The molecule has 0 amide bonds. The highest BCUT2D eigenvalue weighted by atomic mass is 35.5. The lowest BCUT2D eigenvalue weighted by molar-refractivity contribution is -0.128. The predicted molar refractivity (Wildman–Crippen MR) is 121 cm³/mol. The van der Waals surface area contributed by atoms with Crippen molar-refractivity contribution in [1.29, 1.82) is 0 Å². The highest BCUT2D eigenvalue weighted by Crippen LogP contribution is 2.49. The number of alkyl halides is 2. The number of halogens is 4. The molecule has 4 nitrogen and oxygen atoms in total. The summed E-state index contributed by atoms with van der Waals surface area (Å²) in [4.78, 5) is 4.29. The molecule has 0 radical (unpaired) electrons. The highest BCUT2D eigenvalue weighted by molar-refractivity contribution is 6.31. The number of fused-ring (bicyclic) bond motifs is 1. The fourth-order valence-electron chi connectivity index (χ4n) is 4.45. The monoisotopic (exact) mass is 448 g/mol. The van der Waals surface area contributed by atoms with Crippen LogP contribution in [0, 0.1) is 11.7 Å². The van der Waals surface area contributed by atoms with Crippen LogP contribution in [0.1, 0.15) is 47.6 Å². The minimum Gasteiger partial charge on any atom is -0.398 e. The number of anilines is 2. The fourth-order valence-corrected chi connectivity index (χ4v) is 4.67. The smallest absolute Gasteiger partial charge is 0.251 e. The van der Waals surface area contributed by atoms with Gasteiger partial charge in [0.1, 0.15) is 5.82 Å². The van der Waals surface area contributed by atoms with Crippen molar-refractivity contribution in [3.63, 3.8) is 0 Å². The molecule has 0 aromatic heterocycles. The van der Waals surface area contributed by atoms with Crippen LogP contribution in [0.4, 0.5) is 24.5 Å². The Bertz CT molecular complexity index is 1100. The minimum absolute atomic E-state index is 0.0904. The van der Waals surface area contributed by atoms with Crippen molar-refractivity contribution >= 4 is 34.4 Å². The molecule has 0 saturated heterocycles. The normalized spacial score (nSPS) is 22.0. The first kappa shape index (κ1) is 21.6. The highest BCUT2D eigenvalue weighted by Gasteiger charge is 2.48. The van der Waals surface area contributed by atoms with Crippen molar-refractivity contribution in [3.8, 4) is 0 Å². The summed E-state index contributed by atoms with van der Waals surface area (Å²) in [5.41, 5.74) is 11.3. The SMILES string of the molecule is C=C1NC(c2cc(F)ccc2Cl)c2c(NC)cc(C(CC3CCC3(F)F)=NC)c(N)c21. The number of rotatable bonds is 5. The van der Waals surface area contributed by atoms with Gasteiger partial charge in [0, 0.05) is 70.8 Å². The molecule has 1 aliphatic carbocycles. The molecule has 8 heteroatoms. The van der Waals surface area contributed by atoms with Crippen molar-refractivity contribution in [1.82, 2.24) is 5.32 Å². The van der Waals surface area contributed by atoms with Gasteiger partial charge in [-0.3, -0.25) is 4.99 Å². The summed E-state index contributed by atoms with van der Waals surface area (Å²) in [5.74, 6) is -3.81. The molecule has 0 spiro atoms. The summed E-state index contributed by atoms with van der Waals surface area (Å²) in [5, 5.41) is 6.81. The van der Waals surface area contributed by atoms with Crippen LogP contribution < -0.4 is 16.4 Å². The Labute approximate surface area is 184 Å². The maximum absolute atomic E-state index is 13.9. The molecule has 1 fully saturated rings. The Morgan fingerprint density at radius 3 is 2.71 bits per heavy atom. The predicted octanol–water partition coefficient (Wildman–Crippen LogP) is 5.62. The lowest BCUT2D eigenvalue weighted by atomic mass is 9.76. The number of nitrogens with two attached hydrogens (primary N) is 1. The van der Waals surface area contributed by atoms with Crippen molar-refractivity contribution in [2.75, 3.05) is 25.1 Å². The minimum atomic E-state index is -2.67. The van der Waals surface area contributed by atoms with E-state index < -0.39 is 23.7 Å². The van der Waals surface area contributed by atoms with Gasteiger partial charge in [0.25, 0.3) is 5.92 Å². The van der Waals surface area contributed by atoms with Crippen LogP contribution in [0.2, 0.25) is 5.02 Å². The van der Waals surface area contributed by atoms with Gasteiger partial charge in [-0.25, -0.2) is 13.2 Å². The van der Waals surface area contributed by atoms with E-state index in [2.05, 4.69) is 22.2 Å². The molecule has 164 valence electrons. The van der Waals surface area contributed by atoms with Crippen LogP contribution in [0.3, 0.4) is 0 Å². The van der Waals surface area contributed by atoms with Gasteiger partial charge < -0.3 is 16.4 Å². The zero-order valence-corrected chi connectivity index (χ0v) is 18.1. The molecule has 1 saturated carbocycles. The first-order chi connectivity index (χ1) is 14.7. The van der Waals surface area contributed by atoms with E-state index in [1.807, 2.05) is 6.07 Å². The second-order valence-corrected chi connectivity index (χ2v) is 8.42. The van der Waals surface area contributed by atoms with E-state index in [9.17, 15) is 13.2 Å². The number of nitrogens with zero attached hydrogens (tertiary/aromatic N) is 1.